The number of rotatable bonds is 4. The summed E-state index contributed by atoms with van der Waals surface area (Å²) >= 11 is 0. The first-order valence-electron chi connectivity index (χ1n) is 5.48. The molecule has 0 aromatic rings. The summed E-state index contributed by atoms with van der Waals surface area (Å²) < 4.78 is 11.5. The highest BCUT2D eigenvalue weighted by Crippen LogP contribution is 2.27. The van der Waals surface area contributed by atoms with Crippen molar-refractivity contribution in [3.8, 4) is 0 Å². The first kappa shape index (κ1) is 11.0. The smallest absolute Gasteiger partial charge is 0.165 e. The summed E-state index contributed by atoms with van der Waals surface area (Å²) in [5.41, 5.74) is 0. The molecule has 1 aliphatic rings. The molecule has 78 valence electrons. The molecule has 0 aromatic carbocycles. The summed E-state index contributed by atoms with van der Waals surface area (Å²) in [7, 11) is 0. The maximum atomic E-state index is 5.80. The van der Waals surface area contributed by atoms with E-state index in [1.165, 1.54) is 19.3 Å². The van der Waals surface area contributed by atoms with Gasteiger partial charge in [-0.15, -0.1) is 0 Å². The predicted octanol–water partition coefficient (Wildman–Crippen LogP) is 3.11. The summed E-state index contributed by atoms with van der Waals surface area (Å²) in [5.74, 6) is -0.299. The second-order valence-electron chi connectivity index (χ2n) is 4.16. The third kappa shape index (κ3) is 3.65. The fraction of sp³-hybridized carbons (Fsp3) is 1.00. The molecule has 1 aliphatic heterocycles. The van der Waals surface area contributed by atoms with Crippen LogP contribution in [-0.4, -0.2) is 18.5 Å². The van der Waals surface area contributed by atoms with Gasteiger partial charge in [-0.1, -0.05) is 19.8 Å². The molecular formula is C11H22O2. The molecule has 1 rings (SSSR count). The van der Waals surface area contributed by atoms with Gasteiger partial charge in [0.25, 0.3) is 0 Å². The fourth-order valence-corrected chi connectivity index (χ4v) is 1.79. The van der Waals surface area contributed by atoms with Crippen LogP contribution < -0.4 is 0 Å². The van der Waals surface area contributed by atoms with Gasteiger partial charge in [-0.2, -0.15) is 0 Å². The van der Waals surface area contributed by atoms with E-state index in [-0.39, 0.29) is 5.79 Å². The van der Waals surface area contributed by atoms with Crippen LogP contribution in [0.5, 0.6) is 0 Å². The summed E-state index contributed by atoms with van der Waals surface area (Å²) in [4.78, 5) is 0. The molecule has 1 heterocycles. The first-order chi connectivity index (χ1) is 6.16. The average molecular weight is 186 g/mol. The van der Waals surface area contributed by atoms with Crippen LogP contribution in [0.3, 0.4) is 0 Å². The molecule has 0 saturated carbocycles. The van der Waals surface area contributed by atoms with E-state index in [1.807, 2.05) is 0 Å². The van der Waals surface area contributed by atoms with E-state index < -0.39 is 0 Å². The predicted molar refractivity (Wildman–Crippen MR) is 53.7 cm³/mol. The second-order valence-corrected chi connectivity index (χ2v) is 4.16. The zero-order valence-corrected chi connectivity index (χ0v) is 9.14. The van der Waals surface area contributed by atoms with Crippen LogP contribution in [0.2, 0.25) is 0 Å². The van der Waals surface area contributed by atoms with Gasteiger partial charge >= 0.3 is 0 Å². The maximum Gasteiger partial charge on any atom is 0.165 e. The molecule has 0 bridgehead atoms. The van der Waals surface area contributed by atoms with Crippen LogP contribution in [-0.2, 0) is 9.47 Å². The molecule has 2 heteroatoms. The molecule has 0 radical (unpaired) electrons. The molecule has 2 atom stereocenters. The Kier molecular flexibility index (Phi) is 4.20. The van der Waals surface area contributed by atoms with E-state index in [9.17, 15) is 0 Å². The van der Waals surface area contributed by atoms with Gasteiger partial charge in [0, 0.05) is 6.42 Å². The highest BCUT2D eigenvalue weighted by atomic mass is 16.7. The van der Waals surface area contributed by atoms with Gasteiger partial charge in [-0.3, -0.25) is 0 Å². The van der Waals surface area contributed by atoms with Crippen LogP contribution in [0.25, 0.3) is 0 Å². The average Bonchev–Trinajstić information content (AvgIpc) is 2.04. The Balaban J connectivity index is 2.27. The molecule has 1 fully saturated rings. The molecule has 0 N–H and O–H groups in total. The molecule has 0 aromatic heterocycles. The Morgan fingerprint density at radius 3 is 2.77 bits per heavy atom. The van der Waals surface area contributed by atoms with Gasteiger partial charge in [-0.25, -0.2) is 0 Å². The van der Waals surface area contributed by atoms with Crippen molar-refractivity contribution in [2.24, 2.45) is 0 Å². The molecule has 2 nitrogen and oxygen atoms in total. The van der Waals surface area contributed by atoms with Crippen LogP contribution in [0.1, 0.15) is 52.9 Å². The van der Waals surface area contributed by atoms with E-state index in [1.54, 1.807) is 0 Å². The standard InChI is InChI=1S/C11H22O2/c1-4-5-6-8-11(3)12-9-7-10(2)13-11/h10H,4-9H2,1-3H3/t10-,11-/m0/s1. The zero-order chi connectivity index (χ0) is 9.73. The molecule has 13 heavy (non-hydrogen) atoms. The lowest BCUT2D eigenvalue weighted by Crippen LogP contribution is -2.41. The minimum atomic E-state index is -0.299. The van der Waals surface area contributed by atoms with E-state index in [2.05, 4.69) is 20.8 Å². The molecule has 0 spiro atoms. The lowest BCUT2D eigenvalue weighted by Gasteiger charge is -2.37. The Bertz CT molecular complexity index is 147. The van der Waals surface area contributed by atoms with Crippen molar-refractivity contribution in [1.82, 2.24) is 0 Å². The van der Waals surface area contributed by atoms with Gasteiger partial charge in [0.15, 0.2) is 5.79 Å². The minimum Gasteiger partial charge on any atom is -0.350 e. The van der Waals surface area contributed by atoms with E-state index in [4.69, 9.17) is 9.47 Å². The Hall–Kier alpha value is -0.0800. The SMILES string of the molecule is CCCCC[C@@]1(C)OCC[C@H](C)O1. The molecule has 1 saturated heterocycles. The van der Waals surface area contributed by atoms with Crippen LogP contribution in [0.4, 0.5) is 0 Å². The van der Waals surface area contributed by atoms with Gasteiger partial charge in [0.05, 0.1) is 12.7 Å². The molecule has 0 aliphatic carbocycles. The third-order valence-electron chi connectivity index (χ3n) is 2.62. The topological polar surface area (TPSA) is 18.5 Å². The number of unbranched alkanes of at least 4 members (excludes halogenated alkanes) is 2. The van der Waals surface area contributed by atoms with Crippen molar-refractivity contribution < 1.29 is 9.47 Å². The van der Waals surface area contributed by atoms with E-state index in [0.717, 1.165) is 19.4 Å². The summed E-state index contributed by atoms with van der Waals surface area (Å²) in [5, 5.41) is 0. The third-order valence-corrected chi connectivity index (χ3v) is 2.62. The van der Waals surface area contributed by atoms with Gasteiger partial charge in [0.2, 0.25) is 0 Å². The minimum absolute atomic E-state index is 0.299. The second kappa shape index (κ2) is 4.97. The van der Waals surface area contributed by atoms with Crippen molar-refractivity contribution >= 4 is 0 Å². The van der Waals surface area contributed by atoms with E-state index >= 15 is 0 Å². The van der Waals surface area contributed by atoms with Crippen molar-refractivity contribution in [3.63, 3.8) is 0 Å². The quantitative estimate of drug-likeness (QED) is 0.628. The zero-order valence-electron chi connectivity index (χ0n) is 9.14. The van der Waals surface area contributed by atoms with Crippen molar-refractivity contribution in [1.29, 1.82) is 0 Å². The van der Waals surface area contributed by atoms with Crippen molar-refractivity contribution in [2.75, 3.05) is 6.61 Å². The molecule has 0 amide bonds. The Labute approximate surface area is 81.6 Å². The van der Waals surface area contributed by atoms with Gasteiger partial charge in [0.1, 0.15) is 0 Å². The van der Waals surface area contributed by atoms with Gasteiger partial charge < -0.3 is 9.47 Å². The molecule has 0 unspecified atom stereocenters. The fourth-order valence-electron chi connectivity index (χ4n) is 1.79. The normalized spacial score (nSPS) is 34.8. The van der Waals surface area contributed by atoms with E-state index in [0.29, 0.717) is 6.10 Å². The van der Waals surface area contributed by atoms with Crippen molar-refractivity contribution in [3.05, 3.63) is 0 Å². The molecular weight excluding hydrogens is 164 g/mol. The highest BCUT2D eigenvalue weighted by molar-refractivity contribution is 4.70. The van der Waals surface area contributed by atoms with Crippen LogP contribution in [0, 0.1) is 0 Å². The number of hydrogen-bond acceptors (Lipinski definition) is 2. The Morgan fingerprint density at radius 1 is 1.38 bits per heavy atom. The lowest BCUT2D eigenvalue weighted by molar-refractivity contribution is -0.283. The monoisotopic (exact) mass is 186 g/mol. The van der Waals surface area contributed by atoms with Crippen molar-refractivity contribution in [2.45, 2.75) is 64.8 Å². The first-order valence-corrected chi connectivity index (χ1v) is 5.48. The van der Waals surface area contributed by atoms with Gasteiger partial charge in [-0.05, 0) is 26.7 Å². The largest absolute Gasteiger partial charge is 0.350 e. The lowest BCUT2D eigenvalue weighted by atomic mass is 10.1. The highest BCUT2D eigenvalue weighted by Gasteiger charge is 2.31. The van der Waals surface area contributed by atoms with Crippen LogP contribution in [0.15, 0.2) is 0 Å². The summed E-state index contributed by atoms with van der Waals surface area (Å²) in [6.07, 6.45) is 6.16. The number of ether oxygens (including phenoxy) is 2. The summed E-state index contributed by atoms with van der Waals surface area (Å²) in [6.45, 7) is 7.26. The number of hydrogen-bond donors (Lipinski definition) is 0. The maximum absolute atomic E-state index is 5.80. The Morgan fingerprint density at radius 2 is 2.15 bits per heavy atom. The van der Waals surface area contributed by atoms with Crippen LogP contribution >= 0.6 is 0 Å². The summed E-state index contributed by atoms with van der Waals surface area (Å²) in [6, 6.07) is 0.